The predicted octanol–water partition coefficient (Wildman–Crippen LogP) is 2.73. The summed E-state index contributed by atoms with van der Waals surface area (Å²) in [7, 11) is 0. The first-order valence-corrected chi connectivity index (χ1v) is 8.24. The molecule has 0 spiro atoms. The molecule has 3 rings (SSSR count). The van der Waals surface area contributed by atoms with Gasteiger partial charge in [-0.3, -0.25) is 14.5 Å². The number of hydrogen-bond acceptors (Lipinski definition) is 4. The van der Waals surface area contributed by atoms with Gasteiger partial charge >= 0.3 is 0 Å². The summed E-state index contributed by atoms with van der Waals surface area (Å²) in [4.78, 5) is 26.3. The highest BCUT2D eigenvalue weighted by Crippen LogP contribution is 2.39. The van der Waals surface area contributed by atoms with Gasteiger partial charge in [-0.1, -0.05) is 24.6 Å². The Morgan fingerprint density at radius 3 is 2.92 bits per heavy atom. The molecule has 24 heavy (non-hydrogen) atoms. The van der Waals surface area contributed by atoms with Gasteiger partial charge in [0.15, 0.2) is 5.75 Å². The van der Waals surface area contributed by atoms with Crippen molar-refractivity contribution in [2.24, 2.45) is 0 Å². The van der Waals surface area contributed by atoms with Crippen LogP contribution in [-0.4, -0.2) is 28.3 Å². The molecule has 126 valence electrons. The Morgan fingerprint density at radius 2 is 2.17 bits per heavy atom. The average Bonchev–Trinajstić information content (AvgIpc) is 2.56. The number of aromatic nitrogens is 2. The molecule has 0 fully saturated rings. The Morgan fingerprint density at radius 1 is 1.38 bits per heavy atom. The highest BCUT2D eigenvalue weighted by Gasteiger charge is 2.30. The van der Waals surface area contributed by atoms with Gasteiger partial charge < -0.3 is 4.74 Å². The van der Waals surface area contributed by atoms with Gasteiger partial charge in [-0.05, 0) is 31.5 Å². The molecule has 0 N–H and O–H groups in total. The number of para-hydroxylation sites is 1. The van der Waals surface area contributed by atoms with E-state index in [1.54, 1.807) is 23.1 Å². The van der Waals surface area contributed by atoms with Crippen molar-refractivity contribution in [1.82, 2.24) is 9.78 Å². The Balaban J connectivity index is 2.01. The molecule has 0 saturated carbocycles. The molecule has 0 unspecified atom stereocenters. The lowest BCUT2D eigenvalue weighted by Gasteiger charge is -2.33. The molecule has 1 aliphatic rings. The molecule has 1 amide bonds. The van der Waals surface area contributed by atoms with Gasteiger partial charge in [0.05, 0.1) is 17.3 Å². The molecule has 0 saturated heterocycles. The van der Waals surface area contributed by atoms with Gasteiger partial charge in [-0.2, -0.15) is 5.10 Å². The van der Waals surface area contributed by atoms with Crippen molar-refractivity contribution in [2.75, 3.05) is 11.4 Å². The van der Waals surface area contributed by atoms with Crippen LogP contribution in [0.3, 0.4) is 0 Å². The second-order valence-corrected chi connectivity index (χ2v) is 6.12. The molecule has 1 atom stereocenters. The number of amides is 1. The number of halogens is 1. The quantitative estimate of drug-likeness (QED) is 0.856. The fourth-order valence-electron chi connectivity index (χ4n) is 2.69. The van der Waals surface area contributed by atoms with E-state index in [4.69, 9.17) is 16.3 Å². The normalized spacial score (nSPS) is 16.5. The lowest BCUT2D eigenvalue weighted by molar-refractivity contribution is 0.0954. The lowest BCUT2D eigenvalue weighted by atomic mass is 10.1. The maximum Gasteiger partial charge on any atom is 0.278 e. The third-order valence-corrected chi connectivity index (χ3v) is 4.06. The molecule has 0 radical (unpaired) electrons. The molecular formula is C17H18ClN3O3. The van der Waals surface area contributed by atoms with E-state index >= 15 is 0 Å². The fourth-order valence-corrected chi connectivity index (χ4v) is 2.90. The van der Waals surface area contributed by atoms with Crippen LogP contribution in [0.1, 0.15) is 30.8 Å². The maximum absolute atomic E-state index is 12.9. The Kier molecular flexibility index (Phi) is 4.57. The molecule has 0 bridgehead atoms. The van der Waals surface area contributed by atoms with E-state index in [-0.39, 0.29) is 23.3 Å². The first-order valence-electron chi connectivity index (χ1n) is 7.86. The zero-order chi connectivity index (χ0) is 17.3. The van der Waals surface area contributed by atoms with Gasteiger partial charge in [0.1, 0.15) is 11.8 Å². The van der Waals surface area contributed by atoms with Crippen LogP contribution >= 0.6 is 11.6 Å². The minimum atomic E-state index is -0.279. The number of aryl methyl sites for hydroxylation is 1. The van der Waals surface area contributed by atoms with Gasteiger partial charge in [0, 0.05) is 12.6 Å². The molecule has 2 aromatic rings. The van der Waals surface area contributed by atoms with Gasteiger partial charge in [0.25, 0.3) is 11.5 Å². The third kappa shape index (κ3) is 3.01. The molecule has 7 heteroatoms. The highest BCUT2D eigenvalue weighted by atomic mass is 35.5. The van der Waals surface area contributed by atoms with Crippen LogP contribution in [0.15, 0.2) is 35.1 Å². The largest absolute Gasteiger partial charge is 0.485 e. The van der Waals surface area contributed by atoms with Crippen molar-refractivity contribution < 1.29 is 9.53 Å². The smallest absolute Gasteiger partial charge is 0.278 e. The summed E-state index contributed by atoms with van der Waals surface area (Å²) >= 11 is 6.19. The number of hydrogen-bond donors (Lipinski definition) is 0. The monoisotopic (exact) mass is 347 g/mol. The Hall–Kier alpha value is -2.34. The molecule has 0 aliphatic carbocycles. The van der Waals surface area contributed by atoms with Crippen LogP contribution in [-0.2, 0) is 6.54 Å². The van der Waals surface area contributed by atoms with Crippen LogP contribution in [0.5, 0.6) is 5.75 Å². The predicted molar refractivity (Wildman–Crippen MR) is 92.0 cm³/mol. The zero-order valence-electron chi connectivity index (χ0n) is 13.5. The second-order valence-electron chi connectivity index (χ2n) is 5.71. The molecule has 6 nitrogen and oxygen atoms in total. The summed E-state index contributed by atoms with van der Waals surface area (Å²) in [6, 6.07) is 8.11. The second kappa shape index (κ2) is 6.65. The van der Waals surface area contributed by atoms with E-state index < -0.39 is 0 Å². The number of rotatable bonds is 3. The summed E-state index contributed by atoms with van der Waals surface area (Å²) in [5.74, 6) is 0.215. The van der Waals surface area contributed by atoms with Crippen LogP contribution in [0.2, 0.25) is 5.02 Å². The van der Waals surface area contributed by atoms with Crippen LogP contribution in [0.25, 0.3) is 0 Å². The van der Waals surface area contributed by atoms with E-state index in [1.807, 2.05) is 13.8 Å². The molecule has 1 aromatic heterocycles. The van der Waals surface area contributed by atoms with E-state index in [1.165, 1.54) is 16.8 Å². The summed E-state index contributed by atoms with van der Waals surface area (Å²) in [6.07, 6.45) is 0.570. The first-order chi connectivity index (χ1) is 11.5. The minimum absolute atomic E-state index is 0.192. The molecule has 1 aromatic carbocycles. The third-order valence-electron chi connectivity index (χ3n) is 3.76. The summed E-state index contributed by atoms with van der Waals surface area (Å²) in [5, 5.41) is 4.66. The number of ether oxygens (including phenoxy) is 1. The summed E-state index contributed by atoms with van der Waals surface area (Å²) in [5.41, 5.74) is 0.621. The number of anilines is 1. The van der Waals surface area contributed by atoms with Crippen LogP contribution < -0.4 is 15.2 Å². The highest BCUT2D eigenvalue weighted by molar-refractivity contribution is 6.32. The van der Waals surface area contributed by atoms with Gasteiger partial charge in [-0.15, -0.1) is 0 Å². The lowest BCUT2D eigenvalue weighted by Crippen LogP contribution is -2.43. The van der Waals surface area contributed by atoms with E-state index in [9.17, 15) is 9.59 Å². The number of carbonyl (C=O) groups excluding carboxylic acids is 1. The number of carbonyl (C=O) groups is 1. The molecule has 1 aliphatic heterocycles. The zero-order valence-corrected chi connectivity index (χ0v) is 14.3. The van der Waals surface area contributed by atoms with Crippen molar-refractivity contribution in [3.05, 3.63) is 51.4 Å². The van der Waals surface area contributed by atoms with E-state index in [2.05, 4.69) is 5.10 Å². The summed E-state index contributed by atoms with van der Waals surface area (Å²) in [6.45, 7) is 4.69. The van der Waals surface area contributed by atoms with Gasteiger partial charge in [0.2, 0.25) is 0 Å². The van der Waals surface area contributed by atoms with Crippen LogP contribution in [0, 0.1) is 0 Å². The number of benzene rings is 1. The first kappa shape index (κ1) is 16.5. The van der Waals surface area contributed by atoms with Crippen molar-refractivity contribution >= 4 is 23.2 Å². The van der Waals surface area contributed by atoms with E-state index in [0.29, 0.717) is 29.5 Å². The van der Waals surface area contributed by atoms with E-state index in [0.717, 1.165) is 6.42 Å². The summed E-state index contributed by atoms with van der Waals surface area (Å²) < 4.78 is 7.07. The van der Waals surface area contributed by atoms with Crippen molar-refractivity contribution in [3.8, 4) is 5.75 Å². The molecule has 2 heterocycles. The van der Waals surface area contributed by atoms with Gasteiger partial charge in [-0.25, -0.2) is 4.68 Å². The van der Waals surface area contributed by atoms with Crippen molar-refractivity contribution in [3.63, 3.8) is 0 Å². The maximum atomic E-state index is 12.9. The number of fused-ring (bicyclic) bond motifs is 1. The Bertz CT molecular complexity index is 834. The van der Waals surface area contributed by atoms with Crippen LogP contribution in [0.4, 0.5) is 5.69 Å². The average molecular weight is 348 g/mol. The minimum Gasteiger partial charge on any atom is -0.485 e. The standard InChI is InChI=1S/C17H18ClN3O3/c1-3-9-21-15(22)8-7-13(19-21)17(23)20-10-11(2)24-16-12(18)5-4-6-14(16)20/h4-8,11H,3,9-10H2,1-2H3/t11-/m0/s1. The topological polar surface area (TPSA) is 64.4 Å². The van der Waals surface area contributed by atoms with Crippen molar-refractivity contribution in [1.29, 1.82) is 0 Å². The fraction of sp³-hybridized carbons (Fsp3) is 0.353. The Labute approximate surface area is 144 Å². The van der Waals surface area contributed by atoms with Crippen molar-refractivity contribution in [2.45, 2.75) is 32.9 Å². The SMILES string of the molecule is CCCn1nc(C(=O)N2C[C@H](C)Oc3c(Cl)cccc32)ccc1=O. The molecular weight excluding hydrogens is 330 g/mol. The number of nitrogens with zero attached hydrogens (tertiary/aromatic N) is 3.